The second-order valence-corrected chi connectivity index (χ2v) is 2.62. The van der Waals surface area contributed by atoms with Crippen LogP contribution in [0, 0.1) is 5.92 Å². The second kappa shape index (κ2) is 6.81. The fourth-order valence-corrected chi connectivity index (χ4v) is 0.664. The standard InChI is InChI=1S/C9H19N/c1-4-9(3)7-6-8-10-5-2/h6-7,9-10H,4-5,8H2,1-3H3. The van der Waals surface area contributed by atoms with Crippen molar-refractivity contribution in [2.45, 2.75) is 27.2 Å². The average Bonchev–Trinajstić information content (AvgIpc) is 1.98. The monoisotopic (exact) mass is 141 g/mol. The van der Waals surface area contributed by atoms with Crippen molar-refractivity contribution in [3.63, 3.8) is 0 Å². The van der Waals surface area contributed by atoms with E-state index in [4.69, 9.17) is 0 Å². The van der Waals surface area contributed by atoms with Gasteiger partial charge in [-0.05, 0) is 12.5 Å². The maximum absolute atomic E-state index is 3.24. The Bertz CT molecular complexity index is 86.7. The summed E-state index contributed by atoms with van der Waals surface area (Å²) >= 11 is 0. The molecule has 0 saturated carbocycles. The molecule has 1 atom stereocenters. The smallest absolute Gasteiger partial charge is 0.0134 e. The van der Waals surface area contributed by atoms with E-state index in [1.54, 1.807) is 0 Å². The maximum Gasteiger partial charge on any atom is 0.0134 e. The van der Waals surface area contributed by atoms with Crippen LogP contribution in [0.3, 0.4) is 0 Å². The van der Waals surface area contributed by atoms with E-state index in [0.717, 1.165) is 19.0 Å². The molecule has 0 aliphatic heterocycles. The van der Waals surface area contributed by atoms with E-state index >= 15 is 0 Å². The highest BCUT2D eigenvalue weighted by molar-refractivity contribution is 4.87. The molecule has 0 aromatic heterocycles. The zero-order chi connectivity index (χ0) is 7.82. The predicted octanol–water partition coefficient (Wildman–Crippen LogP) is 2.20. The third-order valence-corrected chi connectivity index (χ3v) is 1.62. The first-order chi connectivity index (χ1) is 4.81. The quantitative estimate of drug-likeness (QED) is 0.457. The van der Waals surface area contributed by atoms with Crippen LogP contribution in [0.1, 0.15) is 27.2 Å². The average molecular weight is 141 g/mol. The zero-order valence-corrected chi connectivity index (χ0v) is 7.35. The number of hydrogen-bond donors (Lipinski definition) is 1. The Kier molecular flexibility index (Phi) is 6.61. The topological polar surface area (TPSA) is 12.0 Å². The minimum atomic E-state index is 0.735. The van der Waals surface area contributed by atoms with Crippen LogP contribution in [-0.4, -0.2) is 13.1 Å². The normalized spacial score (nSPS) is 14.3. The summed E-state index contributed by atoms with van der Waals surface area (Å²) in [5.41, 5.74) is 0. The van der Waals surface area contributed by atoms with Crippen LogP contribution in [0.25, 0.3) is 0 Å². The molecule has 0 bridgehead atoms. The van der Waals surface area contributed by atoms with Crippen molar-refractivity contribution in [1.82, 2.24) is 5.32 Å². The predicted molar refractivity (Wildman–Crippen MR) is 47.1 cm³/mol. The van der Waals surface area contributed by atoms with E-state index in [1.165, 1.54) is 6.42 Å². The molecule has 0 heterocycles. The molecule has 10 heavy (non-hydrogen) atoms. The summed E-state index contributed by atoms with van der Waals surface area (Å²) in [6, 6.07) is 0. The van der Waals surface area contributed by atoms with Crippen molar-refractivity contribution in [2.75, 3.05) is 13.1 Å². The third-order valence-electron chi connectivity index (χ3n) is 1.62. The molecule has 0 saturated heterocycles. The van der Waals surface area contributed by atoms with E-state index in [1.807, 2.05) is 0 Å². The molecule has 1 unspecified atom stereocenters. The van der Waals surface area contributed by atoms with Crippen molar-refractivity contribution in [2.24, 2.45) is 5.92 Å². The van der Waals surface area contributed by atoms with E-state index in [9.17, 15) is 0 Å². The summed E-state index contributed by atoms with van der Waals surface area (Å²) in [7, 11) is 0. The lowest BCUT2D eigenvalue weighted by Gasteiger charge is -1.99. The molecule has 0 rings (SSSR count). The van der Waals surface area contributed by atoms with Crippen molar-refractivity contribution in [3.05, 3.63) is 12.2 Å². The zero-order valence-electron chi connectivity index (χ0n) is 7.35. The number of rotatable bonds is 5. The lowest BCUT2D eigenvalue weighted by atomic mass is 10.1. The number of allylic oxidation sites excluding steroid dienone is 1. The first-order valence-electron chi connectivity index (χ1n) is 4.18. The lowest BCUT2D eigenvalue weighted by Crippen LogP contribution is -2.11. The van der Waals surface area contributed by atoms with Gasteiger partial charge in [0.1, 0.15) is 0 Å². The van der Waals surface area contributed by atoms with Gasteiger partial charge < -0.3 is 5.32 Å². The van der Waals surface area contributed by atoms with Gasteiger partial charge >= 0.3 is 0 Å². The van der Waals surface area contributed by atoms with Gasteiger partial charge in [0.15, 0.2) is 0 Å². The van der Waals surface area contributed by atoms with Gasteiger partial charge in [0.2, 0.25) is 0 Å². The van der Waals surface area contributed by atoms with E-state index < -0.39 is 0 Å². The van der Waals surface area contributed by atoms with Crippen LogP contribution in [0.4, 0.5) is 0 Å². The molecule has 60 valence electrons. The first-order valence-corrected chi connectivity index (χ1v) is 4.18. The van der Waals surface area contributed by atoms with Gasteiger partial charge in [0, 0.05) is 6.54 Å². The Hall–Kier alpha value is -0.300. The van der Waals surface area contributed by atoms with Crippen LogP contribution >= 0.6 is 0 Å². The van der Waals surface area contributed by atoms with Crippen molar-refractivity contribution in [1.29, 1.82) is 0 Å². The highest BCUT2D eigenvalue weighted by Crippen LogP contribution is 2.00. The number of hydrogen-bond acceptors (Lipinski definition) is 1. The van der Waals surface area contributed by atoms with Gasteiger partial charge in [-0.1, -0.05) is 39.3 Å². The molecule has 0 spiro atoms. The van der Waals surface area contributed by atoms with Crippen molar-refractivity contribution in [3.8, 4) is 0 Å². The summed E-state index contributed by atoms with van der Waals surface area (Å²) in [5.74, 6) is 0.735. The minimum absolute atomic E-state index is 0.735. The van der Waals surface area contributed by atoms with Gasteiger partial charge in [0.05, 0.1) is 0 Å². The van der Waals surface area contributed by atoms with E-state index in [2.05, 4.69) is 38.2 Å². The SMILES string of the molecule is CCNCC=CC(C)CC. The van der Waals surface area contributed by atoms with Gasteiger partial charge in [-0.25, -0.2) is 0 Å². The van der Waals surface area contributed by atoms with Crippen LogP contribution in [-0.2, 0) is 0 Å². The molecule has 0 aromatic carbocycles. The Morgan fingerprint density at radius 2 is 2.10 bits per heavy atom. The summed E-state index contributed by atoms with van der Waals surface area (Å²) in [4.78, 5) is 0. The van der Waals surface area contributed by atoms with Gasteiger partial charge in [0.25, 0.3) is 0 Å². The summed E-state index contributed by atoms with van der Waals surface area (Å²) in [6.45, 7) is 8.65. The lowest BCUT2D eigenvalue weighted by molar-refractivity contribution is 0.692. The second-order valence-electron chi connectivity index (χ2n) is 2.62. The van der Waals surface area contributed by atoms with Gasteiger partial charge in [-0.3, -0.25) is 0 Å². The van der Waals surface area contributed by atoms with Crippen LogP contribution in [0.15, 0.2) is 12.2 Å². The molecule has 0 aliphatic rings. The highest BCUT2D eigenvalue weighted by Gasteiger charge is 1.88. The number of nitrogens with one attached hydrogen (secondary N) is 1. The Morgan fingerprint density at radius 1 is 1.40 bits per heavy atom. The Balaban J connectivity index is 3.18. The summed E-state index contributed by atoms with van der Waals surface area (Å²) < 4.78 is 0. The molecule has 1 N–H and O–H groups in total. The van der Waals surface area contributed by atoms with Gasteiger partial charge in [-0.2, -0.15) is 0 Å². The Labute approximate surface area is 64.5 Å². The summed E-state index contributed by atoms with van der Waals surface area (Å²) in [6.07, 6.45) is 5.71. The first kappa shape index (κ1) is 9.70. The maximum atomic E-state index is 3.24. The van der Waals surface area contributed by atoms with Crippen LogP contribution < -0.4 is 5.32 Å². The molecule has 1 heteroatoms. The minimum Gasteiger partial charge on any atom is -0.314 e. The molecule has 0 aromatic rings. The fourth-order valence-electron chi connectivity index (χ4n) is 0.664. The Morgan fingerprint density at radius 3 is 2.60 bits per heavy atom. The third kappa shape index (κ3) is 5.83. The van der Waals surface area contributed by atoms with Crippen LogP contribution in [0.5, 0.6) is 0 Å². The van der Waals surface area contributed by atoms with Crippen molar-refractivity contribution >= 4 is 0 Å². The highest BCUT2D eigenvalue weighted by atomic mass is 14.8. The van der Waals surface area contributed by atoms with E-state index in [0.29, 0.717) is 0 Å². The van der Waals surface area contributed by atoms with Gasteiger partial charge in [-0.15, -0.1) is 0 Å². The molecule has 0 aliphatic carbocycles. The molecule has 1 nitrogen and oxygen atoms in total. The van der Waals surface area contributed by atoms with E-state index in [-0.39, 0.29) is 0 Å². The largest absolute Gasteiger partial charge is 0.314 e. The fraction of sp³-hybridized carbons (Fsp3) is 0.778. The van der Waals surface area contributed by atoms with Crippen molar-refractivity contribution < 1.29 is 0 Å². The molecule has 0 amide bonds. The van der Waals surface area contributed by atoms with Crippen LogP contribution in [0.2, 0.25) is 0 Å². The number of likely N-dealkylation sites (N-methyl/N-ethyl adjacent to an activating group) is 1. The molecule has 0 fully saturated rings. The summed E-state index contributed by atoms with van der Waals surface area (Å²) in [5, 5.41) is 3.24. The molecule has 0 radical (unpaired) electrons. The molecular formula is C9H19N. The molecular weight excluding hydrogens is 122 g/mol.